The van der Waals surface area contributed by atoms with Crippen LogP contribution in [0.2, 0.25) is 0 Å². The Kier molecular flexibility index (Phi) is 5.57. The van der Waals surface area contributed by atoms with Gasteiger partial charge in [0.25, 0.3) is 5.69 Å². The summed E-state index contributed by atoms with van der Waals surface area (Å²) in [6.45, 7) is 0.951. The maximum absolute atomic E-state index is 12.8. The molecule has 28 heavy (non-hydrogen) atoms. The Morgan fingerprint density at radius 2 is 2.00 bits per heavy atom. The van der Waals surface area contributed by atoms with E-state index in [4.69, 9.17) is 4.42 Å². The summed E-state index contributed by atoms with van der Waals surface area (Å²) >= 11 is 0. The van der Waals surface area contributed by atoms with Crippen LogP contribution in [-0.2, 0) is 17.5 Å². The van der Waals surface area contributed by atoms with E-state index in [0.29, 0.717) is 37.8 Å². The number of carbonyl (C=O) groups is 1. The summed E-state index contributed by atoms with van der Waals surface area (Å²) in [5.74, 6) is 0.226. The Hall–Kier alpha value is -3.04. The van der Waals surface area contributed by atoms with E-state index in [-0.39, 0.29) is 24.1 Å². The molecule has 2 aromatic rings. The number of benzene rings is 1. The van der Waals surface area contributed by atoms with Gasteiger partial charge in [0.1, 0.15) is 11.4 Å². The van der Waals surface area contributed by atoms with E-state index in [1.54, 1.807) is 17.0 Å². The molecule has 10 heteroatoms. The maximum Gasteiger partial charge on any atom is 0.416 e. The normalized spacial score (nSPS) is 15.5. The molecule has 150 valence electrons. The maximum atomic E-state index is 12.8. The number of furan rings is 1. The molecule has 0 saturated carbocycles. The molecule has 0 bridgehead atoms. The number of carbonyl (C=O) groups excluding carboxylic acids is 1. The molecule has 2 heterocycles. The SMILES string of the molecule is O=C(NCc1ccco1)C1CCN(c2ccc(C(F)(F)F)cc2[N+](=O)[O-])CC1. The van der Waals surface area contributed by atoms with Crippen molar-refractivity contribution in [2.75, 3.05) is 18.0 Å². The first-order chi connectivity index (χ1) is 13.3. The molecule has 3 rings (SSSR count). The van der Waals surface area contributed by atoms with Crippen molar-refractivity contribution in [1.29, 1.82) is 0 Å². The second-order valence-corrected chi connectivity index (χ2v) is 6.52. The lowest BCUT2D eigenvalue weighted by molar-refractivity contribution is -0.384. The number of nitro groups is 1. The highest BCUT2D eigenvalue weighted by Crippen LogP contribution is 2.37. The summed E-state index contributed by atoms with van der Waals surface area (Å²) in [6.07, 6.45) is -2.25. The Bertz CT molecular complexity index is 844. The first kappa shape index (κ1) is 19.7. The van der Waals surface area contributed by atoms with Gasteiger partial charge in [0, 0.05) is 25.1 Å². The van der Waals surface area contributed by atoms with Gasteiger partial charge in [-0.2, -0.15) is 13.2 Å². The molecule has 1 aliphatic heterocycles. The summed E-state index contributed by atoms with van der Waals surface area (Å²) in [7, 11) is 0. The fourth-order valence-corrected chi connectivity index (χ4v) is 3.23. The van der Waals surface area contributed by atoms with Crippen LogP contribution in [0, 0.1) is 16.0 Å². The van der Waals surface area contributed by atoms with E-state index in [9.17, 15) is 28.1 Å². The monoisotopic (exact) mass is 397 g/mol. The number of nitro benzene ring substituents is 1. The van der Waals surface area contributed by atoms with Gasteiger partial charge in [0.15, 0.2) is 0 Å². The van der Waals surface area contributed by atoms with E-state index in [2.05, 4.69) is 5.32 Å². The average molecular weight is 397 g/mol. The third-order valence-corrected chi connectivity index (χ3v) is 4.72. The molecule has 0 radical (unpaired) electrons. The van der Waals surface area contributed by atoms with Gasteiger partial charge in [0.05, 0.1) is 23.3 Å². The lowest BCUT2D eigenvalue weighted by atomic mass is 9.95. The molecule has 0 spiro atoms. The number of nitrogens with one attached hydrogen (secondary N) is 1. The third kappa shape index (κ3) is 4.44. The number of halogens is 3. The molecule has 1 amide bonds. The lowest BCUT2D eigenvalue weighted by Crippen LogP contribution is -2.40. The molecule has 1 aromatic carbocycles. The van der Waals surface area contributed by atoms with Gasteiger partial charge in [-0.15, -0.1) is 0 Å². The number of hydrogen-bond donors (Lipinski definition) is 1. The predicted octanol–water partition coefficient (Wildman–Crippen LogP) is 3.74. The van der Waals surface area contributed by atoms with E-state index < -0.39 is 22.4 Å². The fraction of sp³-hybridized carbons (Fsp3) is 0.389. The zero-order valence-corrected chi connectivity index (χ0v) is 14.7. The Morgan fingerprint density at radius 1 is 1.29 bits per heavy atom. The van der Waals surface area contributed by atoms with Crippen LogP contribution in [-0.4, -0.2) is 23.9 Å². The molecule has 7 nitrogen and oxygen atoms in total. The van der Waals surface area contributed by atoms with Crippen LogP contribution in [0.5, 0.6) is 0 Å². The van der Waals surface area contributed by atoms with Crippen molar-refractivity contribution in [3.05, 3.63) is 58.0 Å². The van der Waals surface area contributed by atoms with Crippen molar-refractivity contribution >= 4 is 17.3 Å². The molecule has 1 aromatic heterocycles. The number of piperidine rings is 1. The molecule has 0 unspecified atom stereocenters. The first-order valence-electron chi connectivity index (χ1n) is 8.66. The van der Waals surface area contributed by atoms with Crippen LogP contribution >= 0.6 is 0 Å². The van der Waals surface area contributed by atoms with Crippen molar-refractivity contribution in [2.45, 2.75) is 25.6 Å². The predicted molar refractivity (Wildman–Crippen MR) is 93.6 cm³/mol. The highest BCUT2D eigenvalue weighted by Gasteiger charge is 2.34. The van der Waals surface area contributed by atoms with Crippen molar-refractivity contribution < 1.29 is 27.3 Å². The summed E-state index contributed by atoms with van der Waals surface area (Å²) in [4.78, 5) is 24.3. The first-order valence-corrected chi connectivity index (χ1v) is 8.66. The quantitative estimate of drug-likeness (QED) is 0.613. The average Bonchev–Trinajstić information content (AvgIpc) is 3.18. The minimum absolute atomic E-state index is 0.132. The van der Waals surface area contributed by atoms with E-state index >= 15 is 0 Å². The molecule has 0 atom stereocenters. The van der Waals surface area contributed by atoms with Crippen LogP contribution in [0.3, 0.4) is 0 Å². The Labute approximate surface area is 158 Å². The molecule has 1 saturated heterocycles. The number of anilines is 1. The Morgan fingerprint density at radius 3 is 2.57 bits per heavy atom. The Balaban J connectivity index is 1.64. The van der Waals surface area contributed by atoms with E-state index in [0.717, 1.165) is 12.1 Å². The van der Waals surface area contributed by atoms with Gasteiger partial charge in [-0.25, -0.2) is 0 Å². The van der Waals surface area contributed by atoms with Gasteiger partial charge in [-0.1, -0.05) is 0 Å². The fourth-order valence-electron chi connectivity index (χ4n) is 3.23. The van der Waals surface area contributed by atoms with Crippen LogP contribution < -0.4 is 10.2 Å². The van der Waals surface area contributed by atoms with Crippen LogP contribution in [0.15, 0.2) is 41.0 Å². The summed E-state index contributed by atoms with van der Waals surface area (Å²) in [6, 6.07) is 5.98. The van der Waals surface area contributed by atoms with Gasteiger partial charge >= 0.3 is 6.18 Å². The molecule has 0 aliphatic carbocycles. The van der Waals surface area contributed by atoms with E-state index in [1.807, 2.05) is 0 Å². The van der Waals surface area contributed by atoms with Crippen LogP contribution in [0.4, 0.5) is 24.5 Å². The zero-order chi connectivity index (χ0) is 20.3. The largest absolute Gasteiger partial charge is 0.467 e. The smallest absolute Gasteiger partial charge is 0.416 e. The van der Waals surface area contributed by atoms with Crippen LogP contribution in [0.1, 0.15) is 24.2 Å². The van der Waals surface area contributed by atoms with Gasteiger partial charge < -0.3 is 14.6 Å². The van der Waals surface area contributed by atoms with Gasteiger partial charge in [-0.05, 0) is 37.1 Å². The number of rotatable bonds is 5. The summed E-state index contributed by atoms with van der Waals surface area (Å²) in [5, 5.41) is 14.0. The number of alkyl halides is 3. The molecular formula is C18H18F3N3O4. The van der Waals surface area contributed by atoms with E-state index in [1.165, 1.54) is 6.26 Å². The van der Waals surface area contributed by atoms with Gasteiger partial charge in [0.2, 0.25) is 5.91 Å². The number of hydrogen-bond acceptors (Lipinski definition) is 5. The van der Waals surface area contributed by atoms with Crippen molar-refractivity contribution in [3.8, 4) is 0 Å². The zero-order valence-electron chi connectivity index (χ0n) is 14.7. The van der Waals surface area contributed by atoms with Crippen LogP contribution in [0.25, 0.3) is 0 Å². The standard InChI is InChI=1S/C18H18F3N3O4/c19-18(20,21)13-3-4-15(16(10-13)24(26)27)23-7-5-12(6-8-23)17(25)22-11-14-2-1-9-28-14/h1-4,9-10,12H,5-8,11H2,(H,22,25). The topological polar surface area (TPSA) is 88.6 Å². The van der Waals surface area contributed by atoms with Gasteiger partial charge in [-0.3, -0.25) is 14.9 Å². The van der Waals surface area contributed by atoms with Crippen molar-refractivity contribution in [3.63, 3.8) is 0 Å². The second-order valence-electron chi connectivity index (χ2n) is 6.52. The molecular weight excluding hydrogens is 379 g/mol. The van der Waals surface area contributed by atoms with Crippen molar-refractivity contribution in [2.24, 2.45) is 5.92 Å². The number of nitrogens with zero attached hydrogens (tertiary/aromatic N) is 2. The lowest BCUT2D eigenvalue weighted by Gasteiger charge is -2.32. The highest BCUT2D eigenvalue weighted by molar-refractivity contribution is 5.79. The molecule has 1 fully saturated rings. The minimum atomic E-state index is -4.65. The minimum Gasteiger partial charge on any atom is -0.467 e. The highest BCUT2D eigenvalue weighted by atomic mass is 19.4. The second kappa shape index (κ2) is 7.91. The molecule has 1 aliphatic rings. The van der Waals surface area contributed by atoms with Crippen molar-refractivity contribution in [1.82, 2.24) is 5.32 Å². The number of amides is 1. The molecule has 1 N–H and O–H groups in total. The summed E-state index contributed by atoms with van der Waals surface area (Å²) < 4.78 is 43.6. The third-order valence-electron chi connectivity index (χ3n) is 4.72. The summed E-state index contributed by atoms with van der Waals surface area (Å²) in [5.41, 5.74) is -1.52.